The van der Waals surface area contributed by atoms with Crippen LogP contribution in [0, 0.1) is 20.8 Å². The van der Waals surface area contributed by atoms with Gasteiger partial charge in [0.05, 0.1) is 19.1 Å². The van der Waals surface area contributed by atoms with Crippen LogP contribution >= 0.6 is 0 Å². The zero-order valence-electron chi connectivity index (χ0n) is 17.4. The molecule has 1 N–H and O–H groups in total. The van der Waals surface area contributed by atoms with Crippen LogP contribution in [0.3, 0.4) is 0 Å². The molecular weight excluding hydrogens is 382 g/mol. The second-order valence-corrected chi connectivity index (χ2v) is 7.42. The number of aryl methyl sites for hydroxylation is 3. The van der Waals surface area contributed by atoms with E-state index >= 15 is 0 Å². The molecule has 0 aliphatic carbocycles. The summed E-state index contributed by atoms with van der Waals surface area (Å²) < 4.78 is 16.4. The summed E-state index contributed by atoms with van der Waals surface area (Å²) >= 11 is 0. The molecule has 0 aliphatic rings. The highest BCUT2D eigenvalue weighted by atomic mass is 16.5. The van der Waals surface area contributed by atoms with Gasteiger partial charge >= 0.3 is 5.63 Å². The van der Waals surface area contributed by atoms with Crippen molar-refractivity contribution in [1.29, 1.82) is 0 Å². The van der Waals surface area contributed by atoms with Crippen LogP contribution in [-0.4, -0.2) is 13.0 Å². The lowest BCUT2D eigenvalue weighted by atomic mass is 10.0. The molecule has 6 heteroatoms. The number of fused-ring (bicyclic) bond motifs is 2. The van der Waals surface area contributed by atoms with Crippen LogP contribution in [0.15, 0.2) is 50.0 Å². The number of rotatable bonds is 5. The maximum Gasteiger partial charge on any atom is 0.340 e. The Morgan fingerprint density at radius 1 is 0.967 bits per heavy atom. The molecule has 2 aromatic carbocycles. The van der Waals surface area contributed by atoms with E-state index in [2.05, 4.69) is 5.32 Å². The predicted molar refractivity (Wildman–Crippen MR) is 115 cm³/mol. The summed E-state index contributed by atoms with van der Waals surface area (Å²) in [5.41, 5.74) is 3.76. The number of benzene rings is 2. The van der Waals surface area contributed by atoms with Crippen molar-refractivity contribution in [3.8, 4) is 5.75 Å². The van der Waals surface area contributed by atoms with Crippen molar-refractivity contribution in [3.05, 3.63) is 74.8 Å². The van der Waals surface area contributed by atoms with E-state index in [-0.39, 0.29) is 12.3 Å². The molecule has 0 unspecified atom stereocenters. The largest absolute Gasteiger partial charge is 0.497 e. The summed E-state index contributed by atoms with van der Waals surface area (Å²) in [5, 5.41) is 4.64. The van der Waals surface area contributed by atoms with Crippen LogP contribution in [0.25, 0.3) is 21.9 Å². The van der Waals surface area contributed by atoms with Crippen molar-refractivity contribution in [2.24, 2.45) is 0 Å². The average molecular weight is 405 g/mol. The molecule has 0 radical (unpaired) electrons. The molecule has 0 saturated heterocycles. The number of hydrogen-bond donors (Lipinski definition) is 1. The van der Waals surface area contributed by atoms with Gasteiger partial charge in [-0.15, -0.1) is 0 Å². The molecule has 0 atom stereocenters. The fraction of sp³-hybridized carbons (Fsp3) is 0.250. The van der Waals surface area contributed by atoms with E-state index in [0.717, 1.165) is 39.0 Å². The molecule has 6 nitrogen and oxygen atoms in total. The van der Waals surface area contributed by atoms with Gasteiger partial charge in [0.1, 0.15) is 22.7 Å². The van der Waals surface area contributed by atoms with Gasteiger partial charge in [0, 0.05) is 23.4 Å². The van der Waals surface area contributed by atoms with E-state index in [1.807, 2.05) is 51.1 Å². The van der Waals surface area contributed by atoms with Crippen LogP contribution < -0.4 is 15.7 Å². The zero-order chi connectivity index (χ0) is 21.4. The smallest absolute Gasteiger partial charge is 0.340 e. The highest BCUT2D eigenvalue weighted by molar-refractivity contribution is 5.97. The summed E-state index contributed by atoms with van der Waals surface area (Å²) in [6.45, 7) is 6.12. The van der Waals surface area contributed by atoms with Gasteiger partial charge in [-0.3, -0.25) is 4.79 Å². The van der Waals surface area contributed by atoms with Gasteiger partial charge in [0.25, 0.3) is 0 Å². The van der Waals surface area contributed by atoms with Crippen molar-refractivity contribution in [2.75, 3.05) is 7.11 Å². The lowest BCUT2D eigenvalue weighted by molar-refractivity contribution is -0.120. The minimum atomic E-state index is -0.501. The number of carbonyl (C=O) groups excluding carboxylic acids is 1. The third-order valence-corrected chi connectivity index (χ3v) is 5.57. The minimum absolute atomic E-state index is 0.0400. The van der Waals surface area contributed by atoms with Gasteiger partial charge < -0.3 is 18.9 Å². The summed E-state index contributed by atoms with van der Waals surface area (Å²) in [7, 11) is 1.61. The van der Waals surface area contributed by atoms with Gasteiger partial charge in [-0.2, -0.15) is 0 Å². The van der Waals surface area contributed by atoms with Gasteiger partial charge in [0.2, 0.25) is 5.91 Å². The van der Waals surface area contributed by atoms with Crippen LogP contribution in [-0.2, 0) is 17.8 Å². The molecule has 4 rings (SSSR count). The van der Waals surface area contributed by atoms with Crippen molar-refractivity contribution >= 4 is 27.8 Å². The number of furan rings is 1. The van der Waals surface area contributed by atoms with Gasteiger partial charge in [-0.25, -0.2) is 4.79 Å². The second-order valence-electron chi connectivity index (χ2n) is 7.42. The molecule has 4 aromatic rings. The zero-order valence-corrected chi connectivity index (χ0v) is 17.4. The summed E-state index contributed by atoms with van der Waals surface area (Å²) in [6, 6.07) is 11.2. The predicted octanol–water partition coefficient (Wildman–Crippen LogP) is 4.33. The third kappa shape index (κ3) is 3.56. The Hall–Kier alpha value is -3.54. The maximum absolute atomic E-state index is 12.6. The number of methoxy groups -OCH3 is 1. The minimum Gasteiger partial charge on any atom is -0.497 e. The molecule has 154 valence electrons. The number of carbonyl (C=O) groups is 1. The maximum atomic E-state index is 12.6. The average Bonchev–Trinajstić information content (AvgIpc) is 3.01. The van der Waals surface area contributed by atoms with Crippen LogP contribution in [0.1, 0.15) is 28.0 Å². The Morgan fingerprint density at radius 3 is 2.33 bits per heavy atom. The Balaban J connectivity index is 1.59. The lowest BCUT2D eigenvalue weighted by Gasteiger charge is -2.09. The first-order valence-electron chi connectivity index (χ1n) is 9.73. The number of nitrogens with one attached hydrogen (secondary N) is 1. The molecule has 2 aromatic heterocycles. The Bertz CT molecular complexity index is 1310. The monoisotopic (exact) mass is 405 g/mol. The molecule has 0 spiro atoms. The Morgan fingerprint density at radius 2 is 1.63 bits per heavy atom. The van der Waals surface area contributed by atoms with Crippen molar-refractivity contribution in [2.45, 2.75) is 33.7 Å². The molecule has 30 heavy (non-hydrogen) atoms. The fourth-order valence-electron chi connectivity index (χ4n) is 3.60. The number of hydrogen-bond acceptors (Lipinski definition) is 5. The number of amides is 1. The van der Waals surface area contributed by atoms with Gasteiger partial charge in [-0.1, -0.05) is 12.1 Å². The van der Waals surface area contributed by atoms with Crippen LogP contribution in [0.4, 0.5) is 0 Å². The first-order chi connectivity index (χ1) is 14.4. The summed E-state index contributed by atoms with van der Waals surface area (Å²) in [6.07, 6.45) is -0.0400. The SMILES string of the molecule is COc1ccc(CNC(=O)Cc2c(C)c3cc4c(C)c(C)oc4cc3oc2=O)cc1. The first-order valence-corrected chi connectivity index (χ1v) is 9.73. The number of ether oxygens (including phenoxy) is 1. The van der Waals surface area contributed by atoms with E-state index in [4.69, 9.17) is 13.6 Å². The first kappa shape index (κ1) is 19.8. The van der Waals surface area contributed by atoms with Crippen LogP contribution in [0.2, 0.25) is 0 Å². The van der Waals surface area contributed by atoms with E-state index in [1.165, 1.54) is 0 Å². The van der Waals surface area contributed by atoms with Gasteiger partial charge in [-0.05, 0) is 55.7 Å². The Labute approximate surface area is 173 Å². The molecule has 0 aliphatic heterocycles. The van der Waals surface area contributed by atoms with E-state index in [9.17, 15) is 9.59 Å². The summed E-state index contributed by atoms with van der Waals surface area (Å²) in [5.74, 6) is 1.35. The standard InChI is InChI=1S/C24H23NO5/c1-13-15(3)29-21-11-22-19(9-18(13)21)14(2)20(24(27)30-22)10-23(26)25-12-16-5-7-17(28-4)8-6-16/h5-9,11H,10,12H2,1-4H3,(H,25,26). The van der Waals surface area contributed by atoms with Gasteiger partial charge in [0.15, 0.2) is 0 Å². The van der Waals surface area contributed by atoms with E-state index in [0.29, 0.717) is 23.3 Å². The topological polar surface area (TPSA) is 81.7 Å². The van der Waals surface area contributed by atoms with Crippen molar-refractivity contribution in [3.63, 3.8) is 0 Å². The highest BCUT2D eigenvalue weighted by Crippen LogP contribution is 2.31. The molecule has 2 heterocycles. The molecule has 0 bridgehead atoms. The summed E-state index contributed by atoms with van der Waals surface area (Å²) in [4.78, 5) is 25.0. The molecule has 0 saturated carbocycles. The van der Waals surface area contributed by atoms with Crippen molar-refractivity contribution < 1.29 is 18.4 Å². The van der Waals surface area contributed by atoms with E-state index < -0.39 is 5.63 Å². The molecule has 0 fully saturated rings. The van der Waals surface area contributed by atoms with E-state index in [1.54, 1.807) is 13.2 Å². The third-order valence-electron chi connectivity index (χ3n) is 5.57. The Kier molecular flexibility index (Phi) is 5.08. The second kappa shape index (κ2) is 7.71. The fourth-order valence-corrected chi connectivity index (χ4v) is 3.60. The lowest BCUT2D eigenvalue weighted by Crippen LogP contribution is -2.27. The molecular formula is C24H23NO5. The highest BCUT2D eigenvalue weighted by Gasteiger charge is 2.17. The van der Waals surface area contributed by atoms with Crippen LogP contribution in [0.5, 0.6) is 5.75 Å². The quantitative estimate of drug-likeness (QED) is 0.500. The van der Waals surface area contributed by atoms with Crippen molar-refractivity contribution in [1.82, 2.24) is 5.32 Å². The normalized spacial score (nSPS) is 11.2. The molecule has 1 amide bonds.